The minimum Gasteiger partial charge on any atom is -0.314 e. The molecule has 1 saturated carbocycles. The zero-order valence-corrected chi connectivity index (χ0v) is 12.0. The first kappa shape index (κ1) is 13.1. The molecular weight excluding hydrogens is 238 g/mol. The molecule has 1 aromatic heterocycles. The fourth-order valence-electron chi connectivity index (χ4n) is 3.00. The van der Waals surface area contributed by atoms with Crippen molar-refractivity contribution in [3.63, 3.8) is 0 Å². The van der Waals surface area contributed by atoms with Crippen molar-refractivity contribution in [1.29, 1.82) is 0 Å². The zero-order chi connectivity index (χ0) is 13.2. The van der Waals surface area contributed by atoms with Gasteiger partial charge in [-0.1, -0.05) is 13.8 Å². The van der Waals surface area contributed by atoms with Gasteiger partial charge in [-0.25, -0.2) is 9.67 Å². The standard InChI is InChI=1S/C14H25N5/c1-11(2)8-19-14(16-10-17-19)9-18-6-5-15-7-13(18)12-3-4-12/h10-13,15H,3-9H2,1-2H3. The van der Waals surface area contributed by atoms with Crippen molar-refractivity contribution >= 4 is 0 Å². The first-order valence-electron chi connectivity index (χ1n) is 7.55. The Morgan fingerprint density at radius 3 is 3.00 bits per heavy atom. The Bertz CT molecular complexity index is 410. The van der Waals surface area contributed by atoms with E-state index >= 15 is 0 Å². The van der Waals surface area contributed by atoms with Gasteiger partial charge in [-0.2, -0.15) is 5.10 Å². The van der Waals surface area contributed by atoms with Gasteiger partial charge in [-0.15, -0.1) is 0 Å². The molecule has 1 atom stereocenters. The second-order valence-electron chi connectivity index (χ2n) is 6.33. The summed E-state index contributed by atoms with van der Waals surface area (Å²) in [6.07, 6.45) is 4.51. The van der Waals surface area contributed by atoms with E-state index in [1.54, 1.807) is 6.33 Å². The minimum absolute atomic E-state index is 0.614. The van der Waals surface area contributed by atoms with Gasteiger partial charge < -0.3 is 5.32 Å². The average molecular weight is 263 g/mol. The first-order chi connectivity index (χ1) is 9.24. The quantitative estimate of drug-likeness (QED) is 0.864. The molecule has 2 heterocycles. The molecule has 106 valence electrons. The largest absolute Gasteiger partial charge is 0.314 e. The van der Waals surface area contributed by atoms with Crippen LogP contribution in [0.5, 0.6) is 0 Å². The van der Waals surface area contributed by atoms with Gasteiger partial charge in [0.15, 0.2) is 0 Å². The minimum atomic E-state index is 0.614. The molecule has 0 aromatic carbocycles. The van der Waals surface area contributed by atoms with Gasteiger partial charge >= 0.3 is 0 Å². The number of hydrogen-bond donors (Lipinski definition) is 1. The molecule has 0 amide bonds. The van der Waals surface area contributed by atoms with E-state index in [1.807, 2.05) is 0 Å². The van der Waals surface area contributed by atoms with Gasteiger partial charge in [0.2, 0.25) is 0 Å². The molecule has 5 nitrogen and oxygen atoms in total. The molecule has 0 radical (unpaired) electrons. The van der Waals surface area contributed by atoms with Crippen LogP contribution in [0.1, 0.15) is 32.5 Å². The molecule has 1 saturated heterocycles. The van der Waals surface area contributed by atoms with Crippen molar-refractivity contribution in [2.75, 3.05) is 19.6 Å². The SMILES string of the molecule is CC(C)Cn1ncnc1CN1CCNCC1C1CC1. The van der Waals surface area contributed by atoms with Crippen LogP contribution < -0.4 is 5.32 Å². The third-order valence-corrected chi connectivity index (χ3v) is 4.14. The molecule has 3 rings (SSSR count). The third-order valence-electron chi connectivity index (χ3n) is 4.14. The highest BCUT2D eigenvalue weighted by molar-refractivity contribution is 4.95. The van der Waals surface area contributed by atoms with Crippen LogP contribution in [-0.2, 0) is 13.1 Å². The van der Waals surface area contributed by atoms with E-state index in [2.05, 4.69) is 38.8 Å². The second-order valence-corrected chi connectivity index (χ2v) is 6.33. The van der Waals surface area contributed by atoms with E-state index in [9.17, 15) is 0 Å². The lowest BCUT2D eigenvalue weighted by atomic mass is 10.1. The van der Waals surface area contributed by atoms with Gasteiger partial charge in [0.1, 0.15) is 12.2 Å². The van der Waals surface area contributed by atoms with E-state index in [0.29, 0.717) is 12.0 Å². The molecule has 1 N–H and O–H groups in total. The number of rotatable bonds is 5. The lowest BCUT2D eigenvalue weighted by Gasteiger charge is -2.36. The van der Waals surface area contributed by atoms with Crippen molar-refractivity contribution in [2.45, 2.75) is 45.8 Å². The average Bonchev–Trinajstić information content (AvgIpc) is 3.14. The summed E-state index contributed by atoms with van der Waals surface area (Å²) in [6.45, 7) is 9.75. The van der Waals surface area contributed by atoms with E-state index in [-0.39, 0.29) is 0 Å². The number of aromatic nitrogens is 3. The van der Waals surface area contributed by atoms with Crippen LogP contribution >= 0.6 is 0 Å². The maximum absolute atomic E-state index is 4.47. The maximum atomic E-state index is 4.47. The summed E-state index contributed by atoms with van der Waals surface area (Å²) < 4.78 is 2.08. The maximum Gasteiger partial charge on any atom is 0.141 e. The lowest BCUT2D eigenvalue weighted by Crippen LogP contribution is -2.52. The van der Waals surface area contributed by atoms with Crippen LogP contribution in [0.3, 0.4) is 0 Å². The van der Waals surface area contributed by atoms with Gasteiger partial charge in [0.05, 0.1) is 6.54 Å². The van der Waals surface area contributed by atoms with Crippen LogP contribution in [0, 0.1) is 11.8 Å². The number of hydrogen-bond acceptors (Lipinski definition) is 4. The fourth-order valence-corrected chi connectivity index (χ4v) is 3.00. The summed E-state index contributed by atoms with van der Waals surface area (Å²) in [5.74, 6) is 2.65. The lowest BCUT2D eigenvalue weighted by molar-refractivity contribution is 0.129. The second kappa shape index (κ2) is 5.59. The molecule has 5 heteroatoms. The molecule has 0 bridgehead atoms. The molecule has 0 spiro atoms. The molecular formula is C14H25N5. The summed E-state index contributed by atoms with van der Waals surface area (Å²) in [6, 6.07) is 0.706. The van der Waals surface area contributed by atoms with Crippen molar-refractivity contribution in [1.82, 2.24) is 25.0 Å². The van der Waals surface area contributed by atoms with Crippen LogP contribution in [0.2, 0.25) is 0 Å². The Balaban J connectivity index is 1.67. The van der Waals surface area contributed by atoms with Crippen molar-refractivity contribution in [3.8, 4) is 0 Å². The molecule has 1 aliphatic heterocycles. The molecule has 19 heavy (non-hydrogen) atoms. The van der Waals surface area contributed by atoms with E-state index < -0.39 is 0 Å². The molecule has 1 aliphatic carbocycles. The highest BCUT2D eigenvalue weighted by atomic mass is 15.4. The Morgan fingerprint density at radius 2 is 2.26 bits per heavy atom. The Labute approximate surface area is 115 Å². The van der Waals surface area contributed by atoms with Crippen LogP contribution in [0.4, 0.5) is 0 Å². The molecule has 2 fully saturated rings. The Morgan fingerprint density at radius 1 is 1.42 bits per heavy atom. The third kappa shape index (κ3) is 3.15. The van der Waals surface area contributed by atoms with Crippen LogP contribution in [-0.4, -0.2) is 45.3 Å². The van der Waals surface area contributed by atoms with E-state index in [4.69, 9.17) is 0 Å². The fraction of sp³-hybridized carbons (Fsp3) is 0.857. The Kier molecular flexibility index (Phi) is 3.84. The number of nitrogens with zero attached hydrogens (tertiary/aromatic N) is 4. The van der Waals surface area contributed by atoms with Gasteiger partial charge in [0, 0.05) is 32.2 Å². The van der Waals surface area contributed by atoms with Crippen molar-refractivity contribution in [3.05, 3.63) is 12.2 Å². The summed E-state index contributed by atoms with van der Waals surface area (Å²) in [5.41, 5.74) is 0. The first-order valence-corrected chi connectivity index (χ1v) is 7.55. The summed E-state index contributed by atoms with van der Waals surface area (Å²) >= 11 is 0. The van der Waals surface area contributed by atoms with Crippen LogP contribution in [0.25, 0.3) is 0 Å². The van der Waals surface area contributed by atoms with Crippen molar-refractivity contribution in [2.24, 2.45) is 11.8 Å². The summed E-state index contributed by atoms with van der Waals surface area (Å²) in [7, 11) is 0. The normalized spacial score (nSPS) is 25.1. The van der Waals surface area contributed by atoms with Gasteiger partial charge in [0.25, 0.3) is 0 Å². The van der Waals surface area contributed by atoms with Crippen molar-refractivity contribution < 1.29 is 0 Å². The van der Waals surface area contributed by atoms with E-state index in [0.717, 1.165) is 44.5 Å². The van der Waals surface area contributed by atoms with Gasteiger partial charge in [-0.05, 0) is 24.7 Å². The predicted molar refractivity (Wildman–Crippen MR) is 74.7 cm³/mol. The molecule has 1 unspecified atom stereocenters. The van der Waals surface area contributed by atoms with Crippen LogP contribution in [0.15, 0.2) is 6.33 Å². The summed E-state index contributed by atoms with van der Waals surface area (Å²) in [5, 5.41) is 7.90. The zero-order valence-electron chi connectivity index (χ0n) is 12.0. The highest BCUT2D eigenvalue weighted by Crippen LogP contribution is 2.36. The smallest absolute Gasteiger partial charge is 0.141 e. The monoisotopic (exact) mass is 263 g/mol. The topological polar surface area (TPSA) is 46.0 Å². The number of nitrogens with one attached hydrogen (secondary N) is 1. The Hall–Kier alpha value is -0.940. The highest BCUT2D eigenvalue weighted by Gasteiger charge is 2.36. The number of piperazine rings is 1. The molecule has 2 aliphatic rings. The molecule has 1 aromatic rings. The van der Waals surface area contributed by atoms with Gasteiger partial charge in [-0.3, -0.25) is 4.90 Å². The van der Waals surface area contributed by atoms with E-state index in [1.165, 1.54) is 12.8 Å². The predicted octanol–water partition coefficient (Wildman–Crippen LogP) is 1.12. The summed E-state index contributed by atoms with van der Waals surface area (Å²) in [4.78, 5) is 7.07.